The van der Waals surface area contributed by atoms with Gasteiger partial charge in [-0.2, -0.15) is 0 Å². The van der Waals surface area contributed by atoms with E-state index in [-0.39, 0.29) is 0 Å². The van der Waals surface area contributed by atoms with E-state index >= 15 is 0 Å². The van der Waals surface area contributed by atoms with Crippen LogP contribution in [0, 0.1) is 0 Å². The first kappa shape index (κ1) is 14.9. The van der Waals surface area contributed by atoms with Gasteiger partial charge in [-0.05, 0) is 25.9 Å². The summed E-state index contributed by atoms with van der Waals surface area (Å²) in [6, 6.07) is 0.400. The van der Waals surface area contributed by atoms with Crippen LogP contribution >= 0.6 is 0 Å². The van der Waals surface area contributed by atoms with Gasteiger partial charge < -0.3 is 10.4 Å². The molecule has 1 rings (SSSR count). The number of aliphatic hydroxyl groups excluding tert-OH is 1. The van der Waals surface area contributed by atoms with Crippen molar-refractivity contribution in [2.24, 2.45) is 0 Å². The molecule has 0 spiro atoms. The van der Waals surface area contributed by atoms with Crippen LogP contribution in [0.1, 0.15) is 51.9 Å². The average Bonchev–Trinajstić information content (AvgIpc) is 2.63. The molecule has 17 heavy (non-hydrogen) atoms. The molecule has 0 aliphatic carbocycles. The largest absolute Gasteiger partial charge is 0.395 e. The molecule has 102 valence electrons. The maximum atomic E-state index is 9.51. The molecule has 1 atom stereocenters. The summed E-state index contributed by atoms with van der Waals surface area (Å²) in [7, 11) is 0. The maximum Gasteiger partial charge on any atom is 0.0586 e. The number of hydrogen-bond donors (Lipinski definition) is 2. The number of hydrogen-bond acceptors (Lipinski definition) is 3. The molecule has 2 N–H and O–H groups in total. The van der Waals surface area contributed by atoms with Gasteiger partial charge in [-0.15, -0.1) is 0 Å². The van der Waals surface area contributed by atoms with Gasteiger partial charge in [0.1, 0.15) is 0 Å². The molecule has 0 radical (unpaired) electrons. The fraction of sp³-hybridized carbons (Fsp3) is 1.00. The lowest BCUT2D eigenvalue weighted by Gasteiger charge is -2.28. The van der Waals surface area contributed by atoms with Crippen molar-refractivity contribution in [1.29, 1.82) is 0 Å². The van der Waals surface area contributed by atoms with E-state index in [4.69, 9.17) is 0 Å². The summed E-state index contributed by atoms with van der Waals surface area (Å²) in [5, 5.41) is 12.9. The van der Waals surface area contributed by atoms with Crippen molar-refractivity contribution in [1.82, 2.24) is 10.2 Å². The van der Waals surface area contributed by atoms with Gasteiger partial charge in [0, 0.05) is 19.1 Å². The van der Waals surface area contributed by atoms with E-state index in [2.05, 4.69) is 17.1 Å². The van der Waals surface area contributed by atoms with Gasteiger partial charge in [0.2, 0.25) is 0 Å². The Bertz CT molecular complexity index is 168. The van der Waals surface area contributed by atoms with Crippen molar-refractivity contribution in [2.45, 2.75) is 57.9 Å². The van der Waals surface area contributed by atoms with Crippen LogP contribution in [0.4, 0.5) is 0 Å². The Kier molecular flexibility index (Phi) is 8.67. The molecule has 0 bridgehead atoms. The number of nitrogens with one attached hydrogen (secondary N) is 1. The fourth-order valence-corrected chi connectivity index (χ4v) is 2.60. The van der Waals surface area contributed by atoms with Crippen LogP contribution in [-0.2, 0) is 0 Å². The summed E-state index contributed by atoms with van der Waals surface area (Å²) in [4.78, 5) is 2.47. The van der Waals surface area contributed by atoms with Crippen LogP contribution in [0.15, 0.2) is 0 Å². The van der Waals surface area contributed by atoms with Crippen molar-refractivity contribution >= 4 is 0 Å². The average molecular weight is 242 g/mol. The zero-order valence-electron chi connectivity index (χ0n) is 11.5. The van der Waals surface area contributed by atoms with Gasteiger partial charge in [0.05, 0.1) is 6.61 Å². The molecule has 1 saturated heterocycles. The number of rotatable bonds is 8. The normalized spacial score (nSPS) is 20.1. The van der Waals surface area contributed by atoms with Crippen molar-refractivity contribution in [2.75, 3.05) is 32.8 Å². The fourth-order valence-electron chi connectivity index (χ4n) is 2.60. The summed E-state index contributed by atoms with van der Waals surface area (Å²) >= 11 is 0. The third-order valence-electron chi connectivity index (χ3n) is 3.74. The van der Waals surface area contributed by atoms with Gasteiger partial charge in [-0.1, -0.05) is 39.0 Å². The van der Waals surface area contributed by atoms with Crippen LogP contribution in [0.2, 0.25) is 0 Å². The van der Waals surface area contributed by atoms with E-state index in [1.165, 1.54) is 44.9 Å². The van der Waals surface area contributed by atoms with E-state index < -0.39 is 0 Å². The topological polar surface area (TPSA) is 35.5 Å². The second kappa shape index (κ2) is 9.86. The highest BCUT2D eigenvalue weighted by atomic mass is 16.3. The zero-order valence-corrected chi connectivity index (χ0v) is 11.5. The molecule has 1 aliphatic heterocycles. The number of aliphatic hydroxyl groups is 1. The Morgan fingerprint density at radius 3 is 2.71 bits per heavy atom. The molecule has 1 fully saturated rings. The lowest BCUT2D eigenvalue weighted by molar-refractivity contribution is 0.120. The number of nitrogens with zero attached hydrogens (tertiary/aromatic N) is 1. The first-order valence-corrected chi connectivity index (χ1v) is 7.44. The van der Waals surface area contributed by atoms with Crippen LogP contribution in [0.5, 0.6) is 0 Å². The summed E-state index contributed by atoms with van der Waals surface area (Å²) in [6.45, 7) is 7.03. The van der Waals surface area contributed by atoms with Gasteiger partial charge in [0.25, 0.3) is 0 Å². The minimum Gasteiger partial charge on any atom is -0.395 e. The Morgan fingerprint density at radius 2 is 1.94 bits per heavy atom. The molecular weight excluding hydrogens is 212 g/mol. The molecule has 0 aromatic heterocycles. The maximum absolute atomic E-state index is 9.51. The molecule has 0 amide bonds. The molecule has 0 aromatic carbocycles. The smallest absolute Gasteiger partial charge is 0.0586 e. The Balaban J connectivity index is 2.16. The number of unbranched alkanes of at least 4 members (excludes halogenated alkanes) is 4. The van der Waals surface area contributed by atoms with E-state index in [9.17, 15) is 5.11 Å². The van der Waals surface area contributed by atoms with Crippen LogP contribution < -0.4 is 5.32 Å². The molecular formula is C14H30N2O. The molecule has 1 unspecified atom stereocenters. The quantitative estimate of drug-likeness (QED) is 0.639. The third-order valence-corrected chi connectivity index (χ3v) is 3.74. The SMILES string of the molecule is CCCCCCCC(CO)N1CCCNCC1. The highest BCUT2D eigenvalue weighted by Gasteiger charge is 2.18. The minimum absolute atomic E-state index is 0.327. The third kappa shape index (κ3) is 6.39. The van der Waals surface area contributed by atoms with E-state index in [1.54, 1.807) is 0 Å². The van der Waals surface area contributed by atoms with Gasteiger partial charge in [-0.3, -0.25) is 4.90 Å². The predicted molar refractivity (Wildman–Crippen MR) is 73.3 cm³/mol. The highest BCUT2D eigenvalue weighted by Crippen LogP contribution is 2.12. The van der Waals surface area contributed by atoms with Crippen LogP contribution in [0.25, 0.3) is 0 Å². The first-order valence-electron chi connectivity index (χ1n) is 7.44. The van der Waals surface area contributed by atoms with Crippen LogP contribution in [-0.4, -0.2) is 48.8 Å². The van der Waals surface area contributed by atoms with E-state index in [0.29, 0.717) is 12.6 Å². The van der Waals surface area contributed by atoms with Crippen molar-refractivity contribution in [3.8, 4) is 0 Å². The van der Waals surface area contributed by atoms with Crippen molar-refractivity contribution in [3.05, 3.63) is 0 Å². The Labute approximate surface area is 107 Å². The predicted octanol–water partition coefficient (Wildman–Crippen LogP) is 2.00. The standard InChI is InChI=1S/C14H30N2O/c1-2-3-4-5-6-8-14(13-17)16-11-7-9-15-10-12-16/h14-15,17H,2-13H2,1H3. The summed E-state index contributed by atoms with van der Waals surface area (Å²) < 4.78 is 0. The lowest BCUT2D eigenvalue weighted by atomic mass is 10.1. The summed E-state index contributed by atoms with van der Waals surface area (Å²) in [6.07, 6.45) is 9.01. The minimum atomic E-state index is 0.327. The summed E-state index contributed by atoms with van der Waals surface area (Å²) in [5.41, 5.74) is 0. The summed E-state index contributed by atoms with van der Waals surface area (Å²) in [5.74, 6) is 0. The second-order valence-electron chi connectivity index (χ2n) is 5.18. The Morgan fingerprint density at radius 1 is 1.12 bits per heavy atom. The molecule has 3 heteroatoms. The van der Waals surface area contributed by atoms with Crippen molar-refractivity contribution < 1.29 is 5.11 Å². The van der Waals surface area contributed by atoms with Crippen LogP contribution in [0.3, 0.4) is 0 Å². The van der Waals surface area contributed by atoms with Crippen molar-refractivity contribution in [3.63, 3.8) is 0 Å². The molecule has 0 saturated carbocycles. The Hall–Kier alpha value is -0.120. The monoisotopic (exact) mass is 242 g/mol. The van der Waals surface area contributed by atoms with Gasteiger partial charge >= 0.3 is 0 Å². The van der Waals surface area contributed by atoms with Gasteiger partial charge in [0.15, 0.2) is 0 Å². The van der Waals surface area contributed by atoms with E-state index in [0.717, 1.165) is 26.2 Å². The molecule has 3 nitrogen and oxygen atoms in total. The lowest BCUT2D eigenvalue weighted by Crippen LogP contribution is -2.40. The molecule has 0 aromatic rings. The highest BCUT2D eigenvalue weighted by molar-refractivity contribution is 4.74. The second-order valence-corrected chi connectivity index (χ2v) is 5.18. The van der Waals surface area contributed by atoms with Gasteiger partial charge in [-0.25, -0.2) is 0 Å². The molecule has 1 aliphatic rings. The van der Waals surface area contributed by atoms with E-state index in [1.807, 2.05) is 0 Å². The molecule has 1 heterocycles. The first-order chi connectivity index (χ1) is 8.38. The zero-order chi connectivity index (χ0) is 12.3.